The number of benzene rings is 6. The van der Waals surface area contributed by atoms with Crippen LogP contribution in [0.1, 0.15) is 25.0 Å². The number of hydrogen-bond acceptors (Lipinski definition) is 3. The molecule has 1 aliphatic carbocycles. The predicted molar refractivity (Wildman–Crippen MR) is 212 cm³/mol. The van der Waals surface area contributed by atoms with Crippen molar-refractivity contribution >= 4 is 49.9 Å². The Morgan fingerprint density at radius 3 is 2.12 bits per heavy atom. The van der Waals surface area contributed by atoms with Gasteiger partial charge < -0.3 is 4.57 Å². The van der Waals surface area contributed by atoms with E-state index in [1.807, 2.05) is 24.4 Å². The van der Waals surface area contributed by atoms with Crippen LogP contribution in [0.4, 0.5) is 17.2 Å². The van der Waals surface area contributed by atoms with Gasteiger partial charge >= 0.3 is 0 Å². The molecule has 0 saturated carbocycles. The lowest BCUT2D eigenvalue weighted by atomic mass is 9.82. The SMILES string of the molecule is CC1(C)c2ccccc2-c2cc3c(cc21)c1cc(-c2ccc(N(c4ccccc4)c4ccc5ccccc5n4)cn2)ccc1n3-c1ccccc1. The van der Waals surface area contributed by atoms with Crippen LogP contribution in [0.3, 0.4) is 0 Å². The monoisotopic (exact) mass is 654 g/mol. The number of nitrogens with zero attached hydrogens (tertiary/aromatic N) is 4. The van der Waals surface area contributed by atoms with Gasteiger partial charge in [-0.1, -0.05) is 98.8 Å². The number of anilines is 3. The van der Waals surface area contributed by atoms with E-state index < -0.39 is 0 Å². The van der Waals surface area contributed by atoms with Crippen molar-refractivity contribution in [3.05, 3.63) is 181 Å². The normalized spacial score (nSPS) is 13.1. The summed E-state index contributed by atoms with van der Waals surface area (Å²) in [6.45, 7) is 4.70. The fraction of sp³-hybridized carbons (Fsp3) is 0.0638. The molecule has 0 bridgehead atoms. The molecule has 4 heteroatoms. The molecule has 0 amide bonds. The van der Waals surface area contributed by atoms with Crippen LogP contribution >= 0.6 is 0 Å². The molecule has 6 aromatic carbocycles. The van der Waals surface area contributed by atoms with Crippen molar-refractivity contribution in [1.82, 2.24) is 14.5 Å². The van der Waals surface area contributed by atoms with Gasteiger partial charge in [0.1, 0.15) is 5.82 Å². The minimum Gasteiger partial charge on any atom is -0.309 e. The van der Waals surface area contributed by atoms with E-state index in [1.54, 1.807) is 0 Å². The van der Waals surface area contributed by atoms with Gasteiger partial charge in [-0.05, 0) is 101 Å². The van der Waals surface area contributed by atoms with Crippen LogP contribution in [0.2, 0.25) is 0 Å². The lowest BCUT2D eigenvalue weighted by Gasteiger charge is -2.24. The summed E-state index contributed by atoms with van der Waals surface area (Å²) in [6, 6.07) is 58.3. The number of hydrogen-bond donors (Lipinski definition) is 0. The zero-order valence-corrected chi connectivity index (χ0v) is 28.5. The first-order valence-corrected chi connectivity index (χ1v) is 17.5. The molecule has 1 aliphatic rings. The molecule has 0 unspecified atom stereocenters. The fourth-order valence-electron chi connectivity index (χ4n) is 8.09. The number of rotatable bonds is 5. The first-order valence-electron chi connectivity index (χ1n) is 17.5. The van der Waals surface area contributed by atoms with Gasteiger partial charge in [0.25, 0.3) is 0 Å². The van der Waals surface area contributed by atoms with Gasteiger partial charge in [0.15, 0.2) is 0 Å². The Morgan fingerprint density at radius 1 is 0.549 bits per heavy atom. The molecule has 51 heavy (non-hydrogen) atoms. The van der Waals surface area contributed by atoms with E-state index >= 15 is 0 Å². The van der Waals surface area contributed by atoms with E-state index in [-0.39, 0.29) is 5.41 Å². The van der Waals surface area contributed by atoms with Crippen LogP contribution in [-0.4, -0.2) is 14.5 Å². The molecule has 0 saturated heterocycles. The molecule has 0 aliphatic heterocycles. The second kappa shape index (κ2) is 11.3. The van der Waals surface area contributed by atoms with Gasteiger partial charge in [-0.2, -0.15) is 0 Å². The summed E-state index contributed by atoms with van der Waals surface area (Å²) in [4.78, 5) is 12.3. The lowest BCUT2D eigenvalue weighted by molar-refractivity contribution is 0.661. The van der Waals surface area contributed by atoms with Crippen LogP contribution < -0.4 is 4.90 Å². The largest absolute Gasteiger partial charge is 0.309 e. The Balaban J connectivity index is 1.12. The molecule has 9 aromatic rings. The number of fused-ring (bicyclic) bond motifs is 7. The van der Waals surface area contributed by atoms with Crippen molar-refractivity contribution in [1.29, 1.82) is 0 Å². The molecule has 3 aromatic heterocycles. The molecule has 242 valence electrons. The molecule has 0 radical (unpaired) electrons. The van der Waals surface area contributed by atoms with Crippen LogP contribution in [0.15, 0.2) is 170 Å². The topological polar surface area (TPSA) is 34.0 Å². The maximum Gasteiger partial charge on any atom is 0.138 e. The standard InChI is InChI=1S/C47H34N4/c1-47(2)40-19-11-10-18-36(40)37-29-45-39(28-41(37)47)38-27-32(21-25-44(38)51(45)34-16-7-4-8-17-34)42-24-23-35(30-48-42)50(33-14-5-3-6-15-33)46-26-22-31-13-9-12-20-43(31)49-46/h3-30H,1-2H3. The van der Waals surface area contributed by atoms with Crippen molar-refractivity contribution in [3.63, 3.8) is 0 Å². The quantitative estimate of drug-likeness (QED) is 0.185. The van der Waals surface area contributed by atoms with Gasteiger partial charge in [-0.25, -0.2) is 4.98 Å². The zero-order chi connectivity index (χ0) is 34.1. The van der Waals surface area contributed by atoms with E-state index in [9.17, 15) is 0 Å². The average Bonchev–Trinajstić information content (AvgIpc) is 3.62. The van der Waals surface area contributed by atoms with E-state index in [4.69, 9.17) is 9.97 Å². The second-order valence-electron chi connectivity index (χ2n) is 13.9. The summed E-state index contributed by atoms with van der Waals surface area (Å²) in [6.07, 6.45) is 1.96. The maximum atomic E-state index is 5.07. The summed E-state index contributed by atoms with van der Waals surface area (Å²) in [7, 11) is 0. The fourth-order valence-corrected chi connectivity index (χ4v) is 8.09. The lowest BCUT2D eigenvalue weighted by Crippen LogP contribution is -2.14. The third-order valence-electron chi connectivity index (χ3n) is 10.6. The molecular weight excluding hydrogens is 621 g/mol. The van der Waals surface area contributed by atoms with Crippen molar-refractivity contribution in [2.45, 2.75) is 19.3 Å². The van der Waals surface area contributed by atoms with Crippen LogP contribution in [0.5, 0.6) is 0 Å². The predicted octanol–water partition coefficient (Wildman–Crippen LogP) is 12.2. The highest BCUT2D eigenvalue weighted by molar-refractivity contribution is 6.12. The van der Waals surface area contributed by atoms with Crippen molar-refractivity contribution in [2.75, 3.05) is 4.90 Å². The van der Waals surface area contributed by atoms with Gasteiger partial charge in [0, 0.05) is 38.5 Å². The molecule has 3 heterocycles. The van der Waals surface area contributed by atoms with Gasteiger partial charge in [-0.15, -0.1) is 0 Å². The third-order valence-corrected chi connectivity index (χ3v) is 10.6. The molecule has 0 fully saturated rings. The summed E-state index contributed by atoms with van der Waals surface area (Å²) in [5.74, 6) is 0.849. The van der Waals surface area contributed by atoms with Crippen LogP contribution in [-0.2, 0) is 5.41 Å². The number of pyridine rings is 2. The summed E-state index contributed by atoms with van der Waals surface area (Å²) < 4.78 is 2.41. The second-order valence-corrected chi connectivity index (χ2v) is 13.9. The number of para-hydroxylation sites is 3. The summed E-state index contributed by atoms with van der Waals surface area (Å²) in [5, 5.41) is 3.59. The van der Waals surface area contributed by atoms with Gasteiger partial charge in [0.2, 0.25) is 0 Å². The molecule has 4 nitrogen and oxygen atoms in total. The minimum absolute atomic E-state index is 0.0825. The highest BCUT2D eigenvalue weighted by Gasteiger charge is 2.36. The van der Waals surface area contributed by atoms with E-state index in [2.05, 4.69) is 169 Å². The molecule has 10 rings (SSSR count). The first kappa shape index (κ1) is 29.4. The Kier molecular flexibility index (Phi) is 6.49. The van der Waals surface area contributed by atoms with E-state index in [0.717, 1.165) is 45.0 Å². The highest BCUT2D eigenvalue weighted by atomic mass is 15.2. The Morgan fingerprint density at radius 2 is 1.29 bits per heavy atom. The van der Waals surface area contributed by atoms with Gasteiger partial charge in [0.05, 0.1) is 34.1 Å². The molecule has 0 spiro atoms. The van der Waals surface area contributed by atoms with Gasteiger partial charge in [-0.3, -0.25) is 9.88 Å². The van der Waals surface area contributed by atoms with Crippen LogP contribution in [0, 0.1) is 0 Å². The van der Waals surface area contributed by atoms with E-state index in [0.29, 0.717) is 0 Å². The molecule has 0 N–H and O–H groups in total. The van der Waals surface area contributed by atoms with E-state index in [1.165, 1.54) is 44.1 Å². The molecular formula is C47H34N4. The maximum absolute atomic E-state index is 5.07. The summed E-state index contributed by atoms with van der Waals surface area (Å²) in [5.41, 5.74) is 13.8. The smallest absolute Gasteiger partial charge is 0.138 e. The van der Waals surface area contributed by atoms with Crippen molar-refractivity contribution in [3.8, 4) is 28.1 Å². The highest BCUT2D eigenvalue weighted by Crippen LogP contribution is 2.51. The van der Waals surface area contributed by atoms with Crippen molar-refractivity contribution in [2.24, 2.45) is 0 Å². The number of aromatic nitrogens is 3. The Bertz CT molecular complexity index is 2760. The zero-order valence-electron chi connectivity index (χ0n) is 28.5. The Hall–Kier alpha value is -6.52. The molecule has 0 atom stereocenters. The van der Waals surface area contributed by atoms with Crippen molar-refractivity contribution < 1.29 is 0 Å². The minimum atomic E-state index is -0.0825. The van der Waals surface area contributed by atoms with Crippen LogP contribution in [0.25, 0.3) is 60.8 Å². The third kappa shape index (κ3) is 4.60. The first-order chi connectivity index (χ1) is 25.0. The average molecular weight is 655 g/mol. The Labute approximate surface area is 296 Å². The summed E-state index contributed by atoms with van der Waals surface area (Å²) >= 11 is 0.